The summed E-state index contributed by atoms with van der Waals surface area (Å²) in [5.74, 6) is 1.21. The predicted octanol–water partition coefficient (Wildman–Crippen LogP) is 3.70. The minimum absolute atomic E-state index is 0.270. The molecule has 1 rings (SSSR count). The maximum absolute atomic E-state index is 8.67. The number of nitrogens with two attached hydrogens (primary N) is 1. The fourth-order valence-corrected chi connectivity index (χ4v) is 3.03. The monoisotopic (exact) mass is 316 g/mol. The topological polar surface area (TPSA) is 58.6 Å². The maximum atomic E-state index is 8.67. The summed E-state index contributed by atoms with van der Waals surface area (Å²) < 4.78 is 1.08. The van der Waals surface area contributed by atoms with E-state index < -0.39 is 0 Å². The Morgan fingerprint density at radius 1 is 1.53 bits per heavy atom. The average molecular weight is 317 g/mol. The summed E-state index contributed by atoms with van der Waals surface area (Å²) >= 11 is 5.21. The molecule has 0 atom stereocenters. The fourth-order valence-electron chi connectivity index (χ4n) is 1.24. The Hall–Kier alpha value is -0.680. The van der Waals surface area contributed by atoms with Crippen LogP contribution in [0.5, 0.6) is 0 Å². The molecule has 0 aliphatic heterocycles. The number of hydrogen-bond acceptors (Lipinski definition) is 3. The molecule has 0 saturated heterocycles. The Kier molecular flexibility index (Phi) is 5.33. The first kappa shape index (κ1) is 14.4. The second-order valence-electron chi connectivity index (χ2n) is 4.42. The van der Waals surface area contributed by atoms with Gasteiger partial charge in [-0.3, -0.25) is 0 Å². The molecule has 0 unspecified atom stereocenters. The van der Waals surface area contributed by atoms with Crippen molar-refractivity contribution in [2.75, 3.05) is 5.75 Å². The minimum atomic E-state index is -0.270. The first-order chi connectivity index (χ1) is 7.95. The number of nitrogens with zero attached hydrogens (tertiary/aromatic N) is 1. The van der Waals surface area contributed by atoms with Gasteiger partial charge in [0.05, 0.1) is 0 Å². The molecule has 0 heterocycles. The molecule has 0 amide bonds. The summed E-state index contributed by atoms with van der Waals surface area (Å²) in [5.41, 5.74) is 5.37. The third kappa shape index (κ3) is 4.60. The molecule has 0 aromatic heterocycles. The summed E-state index contributed by atoms with van der Waals surface area (Å²) in [5, 5.41) is 11.8. The van der Waals surface area contributed by atoms with Crippen LogP contribution in [0.1, 0.15) is 20.3 Å². The number of benzene rings is 1. The van der Waals surface area contributed by atoms with Gasteiger partial charge in [-0.25, -0.2) is 0 Å². The van der Waals surface area contributed by atoms with Crippen molar-refractivity contribution in [1.29, 1.82) is 0 Å². The van der Waals surface area contributed by atoms with E-state index in [9.17, 15) is 0 Å². The highest BCUT2D eigenvalue weighted by molar-refractivity contribution is 9.10. The number of rotatable bonds is 5. The summed E-state index contributed by atoms with van der Waals surface area (Å²) in [4.78, 5) is 1.22. The Bertz CT molecular complexity index is 407. The largest absolute Gasteiger partial charge is 0.409 e. The molecule has 0 aliphatic carbocycles. The molecule has 0 fully saturated rings. The minimum Gasteiger partial charge on any atom is -0.409 e. The van der Waals surface area contributed by atoms with E-state index in [1.165, 1.54) is 4.90 Å². The molecular weight excluding hydrogens is 300 g/mol. The second-order valence-corrected chi connectivity index (χ2v) is 6.51. The van der Waals surface area contributed by atoms with Gasteiger partial charge in [0, 0.05) is 14.8 Å². The van der Waals surface area contributed by atoms with E-state index >= 15 is 0 Å². The Morgan fingerprint density at radius 3 is 2.82 bits per heavy atom. The normalized spacial score (nSPS) is 12.8. The zero-order valence-electron chi connectivity index (χ0n) is 9.98. The smallest absolute Gasteiger partial charge is 0.144 e. The van der Waals surface area contributed by atoms with Crippen LogP contribution in [-0.2, 0) is 0 Å². The van der Waals surface area contributed by atoms with Crippen molar-refractivity contribution in [2.24, 2.45) is 16.3 Å². The molecule has 94 valence electrons. The van der Waals surface area contributed by atoms with Crippen LogP contribution < -0.4 is 5.73 Å². The predicted molar refractivity (Wildman–Crippen MR) is 76.7 cm³/mol. The van der Waals surface area contributed by atoms with Crippen LogP contribution in [0.2, 0.25) is 0 Å². The van der Waals surface area contributed by atoms with Crippen LogP contribution in [0.25, 0.3) is 0 Å². The molecule has 1 aromatic rings. The van der Waals surface area contributed by atoms with Crippen molar-refractivity contribution in [3.8, 4) is 0 Å². The highest BCUT2D eigenvalue weighted by Crippen LogP contribution is 2.28. The molecule has 5 heteroatoms. The quantitative estimate of drug-likeness (QED) is 0.286. The second kappa shape index (κ2) is 6.31. The first-order valence-electron chi connectivity index (χ1n) is 5.32. The van der Waals surface area contributed by atoms with Crippen molar-refractivity contribution >= 4 is 33.5 Å². The van der Waals surface area contributed by atoms with E-state index in [-0.39, 0.29) is 11.3 Å². The molecule has 0 spiro atoms. The lowest BCUT2D eigenvalue weighted by molar-refractivity contribution is 0.307. The summed E-state index contributed by atoms with van der Waals surface area (Å²) in [6.45, 7) is 3.95. The summed E-state index contributed by atoms with van der Waals surface area (Å²) in [7, 11) is 0. The van der Waals surface area contributed by atoms with Crippen LogP contribution in [0.3, 0.4) is 0 Å². The van der Waals surface area contributed by atoms with Gasteiger partial charge in [0.15, 0.2) is 0 Å². The van der Waals surface area contributed by atoms with Gasteiger partial charge in [0.25, 0.3) is 0 Å². The molecule has 17 heavy (non-hydrogen) atoms. The Labute approximate surface area is 115 Å². The van der Waals surface area contributed by atoms with Crippen LogP contribution >= 0.6 is 27.7 Å². The highest BCUT2D eigenvalue weighted by Gasteiger charge is 2.22. The Morgan fingerprint density at radius 2 is 2.24 bits per heavy atom. The number of thioether (sulfide) groups is 1. The molecule has 0 saturated carbocycles. The van der Waals surface area contributed by atoms with Gasteiger partial charge in [-0.2, -0.15) is 0 Å². The van der Waals surface area contributed by atoms with Gasteiger partial charge in [0.1, 0.15) is 5.84 Å². The maximum Gasteiger partial charge on any atom is 0.144 e. The Balaban J connectivity index is 2.48. The number of oxime groups is 1. The summed E-state index contributed by atoms with van der Waals surface area (Å²) in [6.07, 6.45) is 0.861. The van der Waals surface area contributed by atoms with E-state index in [2.05, 4.69) is 33.2 Å². The number of amidine groups is 1. The first-order valence-corrected chi connectivity index (χ1v) is 7.10. The van der Waals surface area contributed by atoms with Gasteiger partial charge in [-0.05, 0) is 30.4 Å². The van der Waals surface area contributed by atoms with Crippen molar-refractivity contribution in [3.63, 3.8) is 0 Å². The molecular formula is C12H17BrN2OS. The van der Waals surface area contributed by atoms with E-state index in [1.807, 2.05) is 26.0 Å². The zero-order chi connectivity index (χ0) is 12.9. The van der Waals surface area contributed by atoms with Crippen LogP contribution in [0, 0.1) is 5.41 Å². The van der Waals surface area contributed by atoms with E-state index in [1.54, 1.807) is 11.8 Å². The molecule has 3 nitrogen and oxygen atoms in total. The van der Waals surface area contributed by atoms with Gasteiger partial charge in [-0.15, -0.1) is 11.8 Å². The van der Waals surface area contributed by atoms with Gasteiger partial charge in [0.2, 0.25) is 0 Å². The molecule has 0 bridgehead atoms. The van der Waals surface area contributed by atoms with E-state index in [0.29, 0.717) is 0 Å². The molecule has 0 aliphatic rings. The third-order valence-corrected chi connectivity index (χ3v) is 4.08. The lowest BCUT2D eigenvalue weighted by Crippen LogP contribution is -2.32. The van der Waals surface area contributed by atoms with Gasteiger partial charge in [-0.1, -0.05) is 41.0 Å². The number of hydrogen-bond donors (Lipinski definition) is 2. The van der Waals surface area contributed by atoms with E-state index in [4.69, 9.17) is 10.9 Å². The lowest BCUT2D eigenvalue weighted by Gasteiger charge is -2.22. The van der Waals surface area contributed by atoms with E-state index in [0.717, 1.165) is 16.6 Å². The average Bonchev–Trinajstić information content (AvgIpc) is 2.27. The van der Waals surface area contributed by atoms with Crippen molar-refractivity contribution in [1.82, 2.24) is 0 Å². The van der Waals surface area contributed by atoms with Crippen LogP contribution in [-0.4, -0.2) is 16.8 Å². The zero-order valence-corrected chi connectivity index (χ0v) is 12.4. The van der Waals surface area contributed by atoms with Crippen molar-refractivity contribution < 1.29 is 5.21 Å². The van der Waals surface area contributed by atoms with Crippen molar-refractivity contribution in [3.05, 3.63) is 28.7 Å². The number of halogens is 1. The lowest BCUT2D eigenvalue weighted by atomic mass is 9.89. The van der Waals surface area contributed by atoms with Gasteiger partial charge < -0.3 is 10.9 Å². The molecule has 3 N–H and O–H groups in total. The van der Waals surface area contributed by atoms with Crippen molar-refractivity contribution in [2.45, 2.75) is 25.2 Å². The summed E-state index contributed by atoms with van der Waals surface area (Å²) in [6, 6.07) is 8.18. The molecule has 1 aromatic carbocycles. The SMILES string of the molecule is CC(C)(CCSc1cccc(Br)c1)C(N)=NO. The highest BCUT2D eigenvalue weighted by atomic mass is 79.9. The van der Waals surface area contributed by atoms with Gasteiger partial charge >= 0.3 is 0 Å². The third-order valence-electron chi connectivity index (χ3n) is 2.59. The standard InChI is InChI=1S/C12H17BrN2OS/c1-12(2,11(14)15-16)6-7-17-10-5-3-4-9(13)8-10/h3-5,8,16H,6-7H2,1-2H3,(H2,14,15). The fraction of sp³-hybridized carbons (Fsp3) is 0.417. The molecule has 0 radical (unpaired) electrons. The van der Waals surface area contributed by atoms with Crippen LogP contribution in [0.4, 0.5) is 0 Å². The van der Waals surface area contributed by atoms with Crippen LogP contribution in [0.15, 0.2) is 38.8 Å².